The molecule has 0 aromatic carbocycles. The molecule has 0 spiro atoms. The van der Waals surface area contributed by atoms with Crippen LogP contribution in [-0.2, 0) is 32.7 Å². The summed E-state index contributed by atoms with van der Waals surface area (Å²) >= 11 is 0. The van der Waals surface area contributed by atoms with E-state index in [2.05, 4.69) is 26.0 Å². The van der Waals surface area contributed by atoms with Crippen molar-refractivity contribution in [3.8, 4) is 0 Å². The Morgan fingerprint density at radius 3 is 1.53 bits per heavy atom. The minimum Gasteiger partial charge on any atom is -0.462 e. The van der Waals surface area contributed by atoms with Crippen molar-refractivity contribution in [3.63, 3.8) is 0 Å². The van der Waals surface area contributed by atoms with Crippen molar-refractivity contribution < 1.29 is 63.1 Å². The summed E-state index contributed by atoms with van der Waals surface area (Å²) in [6, 6.07) is 0. The molecule has 0 bridgehead atoms. The van der Waals surface area contributed by atoms with E-state index in [1.165, 1.54) is 57.8 Å². The third-order valence-corrected chi connectivity index (χ3v) is 10.1. The molecular formula is C37H69O13P. The van der Waals surface area contributed by atoms with Crippen molar-refractivity contribution in [3.05, 3.63) is 12.2 Å². The minimum atomic E-state index is -5.10. The highest BCUT2D eigenvalue weighted by atomic mass is 31.2. The number of unbranched alkanes of at least 4 members (excludes halogenated alkanes) is 17. The molecule has 0 aromatic rings. The highest BCUT2D eigenvalue weighted by molar-refractivity contribution is 7.47. The largest absolute Gasteiger partial charge is 0.472 e. The van der Waals surface area contributed by atoms with E-state index in [4.69, 9.17) is 18.5 Å². The summed E-state index contributed by atoms with van der Waals surface area (Å²) in [7, 11) is -5.10. The number of phosphoric ester groups is 1. The molecule has 14 heteroatoms. The van der Waals surface area contributed by atoms with E-state index in [9.17, 15) is 44.6 Å². The van der Waals surface area contributed by atoms with E-state index >= 15 is 0 Å². The summed E-state index contributed by atoms with van der Waals surface area (Å²) in [6.45, 7) is 3.21. The average molecular weight is 753 g/mol. The first kappa shape index (κ1) is 47.6. The lowest BCUT2D eigenvalue weighted by molar-refractivity contribution is -0.220. The van der Waals surface area contributed by atoms with Gasteiger partial charge in [0.2, 0.25) is 0 Å². The molecular weight excluding hydrogens is 683 g/mol. The van der Waals surface area contributed by atoms with Crippen molar-refractivity contribution in [2.45, 2.75) is 198 Å². The Morgan fingerprint density at radius 2 is 1.00 bits per heavy atom. The van der Waals surface area contributed by atoms with Gasteiger partial charge in [-0.15, -0.1) is 0 Å². The second-order valence-electron chi connectivity index (χ2n) is 13.8. The number of carbonyl (C=O) groups is 2. The standard InChI is InChI=1S/C37H69O13P/c1-3-5-7-9-11-13-15-16-18-20-22-24-26-31(39)49-29(27-47-30(38)25-23-21-19-17-14-12-10-8-6-4-2)28-48-51(45,46)50-37-35(43)33(41)32(40)34(42)36(37)44/h11,13,29,32-37,40-44H,3-10,12,14-28H2,1-2H3,(H,45,46)/b13-11-. The van der Waals surface area contributed by atoms with Gasteiger partial charge in [-0.05, 0) is 38.5 Å². The molecule has 1 saturated carbocycles. The van der Waals surface area contributed by atoms with Crippen molar-refractivity contribution in [2.75, 3.05) is 13.2 Å². The van der Waals surface area contributed by atoms with Gasteiger partial charge in [-0.1, -0.05) is 116 Å². The monoisotopic (exact) mass is 752 g/mol. The van der Waals surface area contributed by atoms with Gasteiger partial charge in [0.05, 0.1) is 6.61 Å². The Balaban J connectivity index is 2.56. The number of ether oxygens (including phenoxy) is 2. The average Bonchev–Trinajstić information content (AvgIpc) is 3.10. The molecule has 300 valence electrons. The summed E-state index contributed by atoms with van der Waals surface area (Å²) in [5, 5.41) is 49.9. The molecule has 0 radical (unpaired) electrons. The van der Waals surface area contributed by atoms with Gasteiger partial charge in [0.1, 0.15) is 43.2 Å². The van der Waals surface area contributed by atoms with E-state index in [-0.39, 0.29) is 12.8 Å². The zero-order chi connectivity index (χ0) is 37.9. The van der Waals surface area contributed by atoms with E-state index < -0.39 is 75.7 Å². The summed E-state index contributed by atoms with van der Waals surface area (Å²) in [5.74, 6) is -1.11. The predicted octanol–water partition coefficient (Wildman–Crippen LogP) is 5.94. The van der Waals surface area contributed by atoms with Crippen LogP contribution in [0.4, 0.5) is 0 Å². The molecule has 1 fully saturated rings. The first-order chi connectivity index (χ1) is 24.4. The fourth-order valence-electron chi connectivity index (χ4n) is 5.87. The van der Waals surface area contributed by atoms with Crippen LogP contribution in [0.25, 0.3) is 0 Å². The van der Waals surface area contributed by atoms with Crippen molar-refractivity contribution in [2.24, 2.45) is 0 Å². The first-order valence-electron chi connectivity index (χ1n) is 19.5. The fourth-order valence-corrected chi connectivity index (χ4v) is 6.84. The Morgan fingerprint density at radius 1 is 0.588 bits per heavy atom. The van der Waals surface area contributed by atoms with Crippen LogP contribution in [0.1, 0.15) is 155 Å². The van der Waals surface area contributed by atoms with Crippen LogP contribution in [0, 0.1) is 0 Å². The SMILES string of the molecule is CCCCC/C=C\CCCCCCCC(=O)OC(COC(=O)CCCCCCCCCCCC)COP(=O)(O)OC1C(O)C(O)C(O)C(O)C1O. The van der Waals surface area contributed by atoms with Crippen LogP contribution in [0.15, 0.2) is 12.2 Å². The van der Waals surface area contributed by atoms with E-state index in [1.807, 2.05) is 0 Å². The first-order valence-corrected chi connectivity index (χ1v) is 21.0. The lowest BCUT2D eigenvalue weighted by Crippen LogP contribution is -2.64. The third-order valence-electron chi connectivity index (χ3n) is 9.11. The number of carbonyl (C=O) groups excluding carboxylic acids is 2. The molecule has 6 N–H and O–H groups in total. The summed E-state index contributed by atoms with van der Waals surface area (Å²) in [6.07, 6.45) is 13.0. The Labute approximate surface area is 305 Å². The van der Waals surface area contributed by atoms with Gasteiger partial charge < -0.3 is 39.9 Å². The van der Waals surface area contributed by atoms with Gasteiger partial charge in [0.25, 0.3) is 0 Å². The van der Waals surface area contributed by atoms with Crippen LogP contribution in [0.3, 0.4) is 0 Å². The second kappa shape index (κ2) is 29.0. The maximum absolute atomic E-state index is 12.7. The molecule has 0 heterocycles. The van der Waals surface area contributed by atoms with Crippen LogP contribution in [0.5, 0.6) is 0 Å². The predicted molar refractivity (Wildman–Crippen MR) is 194 cm³/mol. The Kier molecular flexibility index (Phi) is 27.1. The van der Waals surface area contributed by atoms with Crippen LogP contribution >= 0.6 is 7.82 Å². The van der Waals surface area contributed by atoms with Crippen LogP contribution in [0.2, 0.25) is 0 Å². The Bertz CT molecular complexity index is 964. The number of phosphoric acid groups is 1. The lowest BCUT2D eigenvalue weighted by Gasteiger charge is -2.41. The highest BCUT2D eigenvalue weighted by Crippen LogP contribution is 2.47. The Hall–Kier alpha value is -1.41. The van der Waals surface area contributed by atoms with Gasteiger partial charge in [0.15, 0.2) is 6.10 Å². The number of aliphatic hydroxyl groups is 5. The molecule has 1 aliphatic carbocycles. The number of aliphatic hydroxyl groups excluding tert-OH is 5. The van der Waals surface area contributed by atoms with Crippen LogP contribution < -0.4 is 0 Å². The molecule has 13 nitrogen and oxygen atoms in total. The van der Waals surface area contributed by atoms with Crippen molar-refractivity contribution in [1.82, 2.24) is 0 Å². The maximum Gasteiger partial charge on any atom is 0.472 e. The van der Waals surface area contributed by atoms with Gasteiger partial charge in [-0.2, -0.15) is 0 Å². The number of hydrogen-bond donors (Lipinski definition) is 6. The molecule has 1 aliphatic rings. The molecule has 1 rings (SSSR count). The summed E-state index contributed by atoms with van der Waals surface area (Å²) in [4.78, 5) is 35.4. The van der Waals surface area contributed by atoms with Crippen molar-refractivity contribution >= 4 is 19.8 Å². The highest BCUT2D eigenvalue weighted by Gasteiger charge is 2.51. The lowest BCUT2D eigenvalue weighted by atomic mass is 9.85. The van der Waals surface area contributed by atoms with Crippen LogP contribution in [-0.4, -0.2) is 98.3 Å². The fraction of sp³-hybridized carbons (Fsp3) is 0.892. The van der Waals surface area contributed by atoms with Gasteiger partial charge in [-0.3, -0.25) is 18.6 Å². The normalized spacial score (nSPS) is 24.0. The van der Waals surface area contributed by atoms with Gasteiger partial charge >= 0.3 is 19.8 Å². The zero-order valence-electron chi connectivity index (χ0n) is 31.2. The molecule has 6 unspecified atom stereocenters. The van der Waals surface area contributed by atoms with E-state index in [1.54, 1.807) is 0 Å². The number of hydrogen-bond acceptors (Lipinski definition) is 12. The molecule has 0 aliphatic heterocycles. The number of allylic oxidation sites excluding steroid dienone is 2. The van der Waals surface area contributed by atoms with Gasteiger partial charge in [0, 0.05) is 12.8 Å². The summed E-state index contributed by atoms with van der Waals surface area (Å²) in [5.41, 5.74) is 0. The maximum atomic E-state index is 12.7. The molecule has 0 amide bonds. The smallest absolute Gasteiger partial charge is 0.462 e. The second-order valence-corrected chi connectivity index (χ2v) is 15.2. The topological polar surface area (TPSA) is 210 Å². The minimum absolute atomic E-state index is 0.0895. The quantitative estimate of drug-likeness (QED) is 0.0210. The molecule has 51 heavy (non-hydrogen) atoms. The van der Waals surface area contributed by atoms with E-state index in [0.29, 0.717) is 12.8 Å². The molecule has 0 aromatic heterocycles. The summed E-state index contributed by atoms with van der Waals surface area (Å²) < 4.78 is 33.3. The number of rotatable bonds is 31. The number of esters is 2. The third kappa shape index (κ3) is 22.4. The zero-order valence-corrected chi connectivity index (χ0v) is 32.0. The van der Waals surface area contributed by atoms with E-state index in [0.717, 1.165) is 57.8 Å². The molecule has 0 saturated heterocycles. The van der Waals surface area contributed by atoms with Crippen molar-refractivity contribution in [1.29, 1.82) is 0 Å². The van der Waals surface area contributed by atoms with Gasteiger partial charge in [-0.25, -0.2) is 4.57 Å². The molecule has 6 atom stereocenters.